The lowest BCUT2D eigenvalue weighted by Crippen LogP contribution is -2.27. The van der Waals surface area contributed by atoms with Gasteiger partial charge in [-0.05, 0) is 29.8 Å². The van der Waals surface area contributed by atoms with Gasteiger partial charge in [0.2, 0.25) is 0 Å². The average Bonchev–Trinajstić information content (AvgIpc) is 2.81. The molecule has 0 fully saturated rings. The number of nitrogens with one attached hydrogen (secondary N) is 1. The maximum Gasteiger partial charge on any atom is 0.318 e. The van der Waals surface area contributed by atoms with Crippen molar-refractivity contribution in [2.75, 3.05) is 26.6 Å². The molecule has 0 aliphatic heterocycles. The van der Waals surface area contributed by atoms with E-state index in [4.69, 9.17) is 25.9 Å². The van der Waals surface area contributed by atoms with E-state index in [0.29, 0.717) is 23.1 Å². The van der Waals surface area contributed by atoms with Crippen LogP contribution in [-0.2, 0) is 18.0 Å². The fourth-order valence-corrected chi connectivity index (χ4v) is 2.89. The van der Waals surface area contributed by atoms with Crippen LogP contribution in [0.25, 0.3) is 0 Å². The fraction of sp³-hybridized carbons (Fsp3) is 0.238. The number of ether oxygens (including phenoxy) is 2. The van der Waals surface area contributed by atoms with Gasteiger partial charge in [-0.2, -0.15) is 4.98 Å². The van der Waals surface area contributed by atoms with Crippen LogP contribution < -0.4 is 14.8 Å². The molecule has 162 valence electrons. The standard InChI is InChI=1S/C21H22ClN5O4/c1-27(30-3)20(28)16-12-25-21(31-13-15-6-4-5-9-23-15)26-19(16)24-11-14-7-8-18(29-2)17(22)10-14/h4-10,12H,11,13H2,1-3H3,(H,24,25,26). The highest BCUT2D eigenvalue weighted by Gasteiger charge is 2.19. The number of pyridine rings is 1. The van der Waals surface area contributed by atoms with Crippen LogP contribution in [0.15, 0.2) is 48.8 Å². The highest BCUT2D eigenvalue weighted by atomic mass is 35.5. The lowest BCUT2D eigenvalue weighted by atomic mass is 10.2. The third-order valence-electron chi connectivity index (χ3n) is 4.31. The zero-order valence-corrected chi connectivity index (χ0v) is 18.1. The van der Waals surface area contributed by atoms with E-state index >= 15 is 0 Å². The molecule has 3 rings (SSSR count). The van der Waals surface area contributed by atoms with Gasteiger partial charge in [0.1, 0.15) is 23.7 Å². The van der Waals surface area contributed by atoms with Crippen LogP contribution in [-0.4, -0.2) is 47.2 Å². The number of carbonyl (C=O) groups is 1. The van der Waals surface area contributed by atoms with Crippen molar-refractivity contribution in [3.05, 3.63) is 70.6 Å². The minimum atomic E-state index is -0.408. The van der Waals surface area contributed by atoms with Crippen molar-refractivity contribution in [3.63, 3.8) is 0 Å². The first-order valence-corrected chi connectivity index (χ1v) is 9.67. The number of amides is 1. The Hall–Kier alpha value is -3.43. The zero-order valence-electron chi connectivity index (χ0n) is 17.3. The quantitative estimate of drug-likeness (QED) is 0.502. The van der Waals surface area contributed by atoms with Crippen molar-refractivity contribution < 1.29 is 19.1 Å². The van der Waals surface area contributed by atoms with Gasteiger partial charge in [0, 0.05) is 26.0 Å². The third kappa shape index (κ3) is 5.80. The van der Waals surface area contributed by atoms with E-state index < -0.39 is 5.91 Å². The number of hydroxylamine groups is 2. The van der Waals surface area contributed by atoms with E-state index in [9.17, 15) is 4.79 Å². The molecule has 9 nitrogen and oxygen atoms in total. The molecule has 0 saturated carbocycles. The lowest BCUT2D eigenvalue weighted by Gasteiger charge is -2.17. The van der Waals surface area contributed by atoms with Crippen molar-refractivity contribution in [2.45, 2.75) is 13.2 Å². The predicted molar refractivity (Wildman–Crippen MR) is 115 cm³/mol. The molecular formula is C21H22ClN5O4. The smallest absolute Gasteiger partial charge is 0.318 e. The van der Waals surface area contributed by atoms with Gasteiger partial charge in [-0.15, -0.1) is 0 Å². The summed E-state index contributed by atoms with van der Waals surface area (Å²) in [6, 6.07) is 11.0. The van der Waals surface area contributed by atoms with Crippen LogP contribution in [0.1, 0.15) is 21.6 Å². The largest absolute Gasteiger partial charge is 0.495 e. The number of rotatable bonds is 9. The molecule has 0 aliphatic rings. The number of hydrogen-bond acceptors (Lipinski definition) is 8. The van der Waals surface area contributed by atoms with Crippen LogP contribution >= 0.6 is 11.6 Å². The van der Waals surface area contributed by atoms with Gasteiger partial charge in [-0.1, -0.05) is 23.7 Å². The first kappa shape index (κ1) is 22.3. The molecule has 0 atom stereocenters. The van der Waals surface area contributed by atoms with Crippen molar-refractivity contribution in [2.24, 2.45) is 0 Å². The summed E-state index contributed by atoms with van der Waals surface area (Å²) >= 11 is 6.20. The average molecular weight is 444 g/mol. The molecule has 2 aromatic heterocycles. The fourth-order valence-electron chi connectivity index (χ4n) is 2.61. The summed E-state index contributed by atoms with van der Waals surface area (Å²) in [6.45, 7) is 0.553. The summed E-state index contributed by atoms with van der Waals surface area (Å²) in [5, 5.41) is 4.71. The number of methoxy groups -OCH3 is 1. The molecule has 1 amide bonds. The monoisotopic (exact) mass is 443 g/mol. The van der Waals surface area contributed by atoms with E-state index in [-0.39, 0.29) is 18.2 Å². The second kappa shape index (κ2) is 10.6. The molecule has 0 saturated heterocycles. The first-order chi connectivity index (χ1) is 15.0. The van der Waals surface area contributed by atoms with Gasteiger partial charge in [0.15, 0.2) is 0 Å². The number of nitrogens with zero attached hydrogens (tertiary/aromatic N) is 4. The number of hydrogen-bond donors (Lipinski definition) is 1. The Morgan fingerprint density at radius 2 is 2.03 bits per heavy atom. The molecule has 0 unspecified atom stereocenters. The number of benzene rings is 1. The normalized spacial score (nSPS) is 10.5. The molecule has 0 bridgehead atoms. The van der Waals surface area contributed by atoms with Crippen LogP contribution in [0.5, 0.6) is 11.8 Å². The molecule has 0 radical (unpaired) electrons. The van der Waals surface area contributed by atoms with E-state index in [1.54, 1.807) is 25.4 Å². The Morgan fingerprint density at radius 3 is 2.71 bits per heavy atom. The number of aromatic nitrogens is 3. The van der Waals surface area contributed by atoms with E-state index in [2.05, 4.69) is 20.3 Å². The highest BCUT2D eigenvalue weighted by molar-refractivity contribution is 6.32. The molecule has 10 heteroatoms. The lowest BCUT2D eigenvalue weighted by molar-refractivity contribution is -0.0756. The van der Waals surface area contributed by atoms with E-state index in [1.165, 1.54) is 20.4 Å². The Bertz CT molecular complexity index is 1040. The summed E-state index contributed by atoms with van der Waals surface area (Å²) < 4.78 is 10.8. The first-order valence-electron chi connectivity index (χ1n) is 9.30. The molecular weight excluding hydrogens is 422 g/mol. The van der Waals surface area contributed by atoms with Crippen LogP contribution in [0.3, 0.4) is 0 Å². The summed E-state index contributed by atoms with van der Waals surface area (Å²) in [4.78, 5) is 30.3. The van der Waals surface area contributed by atoms with Gasteiger partial charge in [0.05, 0.1) is 24.9 Å². The molecule has 3 aromatic rings. The maximum absolute atomic E-state index is 12.6. The van der Waals surface area contributed by atoms with Crippen LogP contribution in [0.4, 0.5) is 5.82 Å². The van der Waals surface area contributed by atoms with Gasteiger partial charge in [0.25, 0.3) is 5.91 Å². The molecule has 0 aliphatic carbocycles. The van der Waals surface area contributed by atoms with E-state index in [1.807, 2.05) is 24.3 Å². The number of halogens is 1. The Morgan fingerprint density at radius 1 is 1.19 bits per heavy atom. The zero-order chi connectivity index (χ0) is 22.2. The maximum atomic E-state index is 12.6. The summed E-state index contributed by atoms with van der Waals surface area (Å²) in [6.07, 6.45) is 3.07. The van der Waals surface area contributed by atoms with Gasteiger partial charge < -0.3 is 14.8 Å². The van der Waals surface area contributed by atoms with E-state index in [0.717, 1.165) is 16.3 Å². The van der Waals surface area contributed by atoms with Crippen LogP contribution in [0.2, 0.25) is 5.02 Å². The summed E-state index contributed by atoms with van der Waals surface area (Å²) in [5.41, 5.74) is 1.83. The minimum Gasteiger partial charge on any atom is -0.495 e. The third-order valence-corrected chi connectivity index (χ3v) is 4.60. The summed E-state index contributed by atoms with van der Waals surface area (Å²) in [7, 11) is 4.45. The minimum absolute atomic E-state index is 0.109. The Balaban J connectivity index is 1.81. The Kier molecular flexibility index (Phi) is 7.58. The number of carbonyl (C=O) groups excluding carboxylic acids is 1. The molecule has 1 N–H and O–H groups in total. The van der Waals surface area contributed by atoms with Crippen molar-refractivity contribution in [3.8, 4) is 11.8 Å². The van der Waals surface area contributed by atoms with Crippen molar-refractivity contribution in [1.82, 2.24) is 20.0 Å². The van der Waals surface area contributed by atoms with Gasteiger partial charge in [-0.25, -0.2) is 10.0 Å². The second-order valence-electron chi connectivity index (χ2n) is 6.33. The predicted octanol–water partition coefficient (Wildman–Crippen LogP) is 3.36. The highest BCUT2D eigenvalue weighted by Crippen LogP contribution is 2.26. The number of anilines is 1. The molecule has 0 spiro atoms. The van der Waals surface area contributed by atoms with Crippen molar-refractivity contribution in [1.29, 1.82) is 0 Å². The molecule has 31 heavy (non-hydrogen) atoms. The van der Waals surface area contributed by atoms with Crippen LogP contribution in [0, 0.1) is 0 Å². The summed E-state index contributed by atoms with van der Waals surface area (Å²) in [5.74, 6) is 0.469. The van der Waals surface area contributed by atoms with Crippen molar-refractivity contribution >= 4 is 23.3 Å². The SMILES string of the molecule is COc1ccc(CNc2nc(OCc3ccccn3)ncc2C(=O)N(C)OC)cc1Cl. The van der Waals surface area contributed by atoms with Gasteiger partial charge in [-0.3, -0.25) is 14.6 Å². The topological polar surface area (TPSA) is 98.7 Å². The van der Waals surface area contributed by atoms with Gasteiger partial charge >= 0.3 is 6.01 Å². The molecule has 1 aromatic carbocycles. The molecule has 2 heterocycles. The Labute approximate surface area is 184 Å². The second-order valence-corrected chi connectivity index (χ2v) is 6.74.